The minimum absolute atomic E-state index is 0.366. The molecule has 2 rings (SSSR count). The molecule has 3 nitrogen and oxygen atoms in total. The predicted molar refractivity (Wildman–Crippen MR) is 67.0 cm³/mol. The lowest BCUT2D eigenvalue weighted by atomic mass is 10.0. The number of aromatic nitrogens is 1. The predicted octanol–water partition coefficient (Wildman–Crippen LogP) is 2.48. The average Bonchev–Trinajstić information content (AvgIpc) is 2.84. The van der Waals surface area contributed by atoms with Crippen LogP contribution < -0.4 is 11.3 Å². The second kappa shape index (κ2) is 5.51. The Hall–Kier alpha value is -1.37. The van der Waals surface area contributed by atoms with Gasteiger partial charge in [-0.3, -0.25) is 16.3 Å². The third kappa shape index (κ3) is 2.72. The minimum atomic E-state index is -0.592. The van der Waals surface area contributed by atoms with Crippen LogP contribution >= 0.6 is 11.3 Å². The maximum atomic E-state index is 13.7. The molecule has 0 aliphatic rings. The third-order valence-corrected chi connectivity index (χ3v) is 3.55. The lowest BCUT2D eigenvalue weighted by molar-refractivity contribution is 0.502. The van der Waals surface area contributed by atoms with Crippen LogP contribution in [0.5, 0.6) is 0 Å². The van der Waals surface area contributed by atoms with Crippen LogP contribution in [0.15, 0.2) is 23.8 Å². The first-order valence-corrected chi connectivity index (χ1v) is 6.29. The SMILES string of the molecule is Cc1cc(C(Cc2cncs2)NN)c(F)cc1F. The summed E-state index contributed by atoms with van der Waals surface area (Å²) in [6.07, 6.45) is 2.23. The number of nitrogens with one attached hydrogen (secondary N) is 1. The molecular formula is C12H13F2N3S. The van der Waals surface area contributed by atoms with Gasteiger partial charge in [0.25, 0.3) is 0 Å². The van der Waals surface area contributed by atoms with Crippen molar-refractivity contribution in [1.29, 1.82) is 0 Å². The fourth-order valence-electron chi connectivity index (χ4n) is 1.75. The summed E-state index contributed by atoms with van der Waals surface area (Å²) in [7, 11) is 0. The molecule has 1 aromatic heterocycles. The highest BCUT2D eigenvalue weighted by Crippen LogP contribution is 2.24. The third-order valence-electron chi connectivity index (χ3n) is 2.74. The quantitative estimate of drug-likeness (QED) is 0.662. The van der Waals surface area contributed by atoms with Crippen LogP contribution in [0.4, 0.5) is 8.78 Å². The zero-order chi connectivity index (χ0) is 13.1. The van der Waals surface area contributed by atoms with Crippen LogP contribution in [0.3, 0.4) is 0 Å². The summed E-state index contributed by atoms with van der Waals surface area (Å²) in [5.74, 6) is 4.31. The fourth-order valence-corrected chi connectivity index (χ4v) is 2.39. The lowest BCUT2D eigenvalue weighted by Gasteiger charge is -2.17. The highest BCUT2D eigenvalue weighted by Gasteiger charge is 2.17. The van der Waals surface area contributed by atoms with Gasteiger partial charge in [0, 0.05) is 29.1 Å². The number of hydrogen-bond acceptors (Lipinski definition) is 4. The maximum Gasteiger partial charge on any atom is 0.130 e. The van der Waals surface area contributed by atoms with Gasteiger partial charge in [-0.1, -0.05) is 0 Å². The molecule has 1 unspecified atom stereocenters. The standard InChI is InChI=1S/C12H13F2N3S/c1-7-2-9(11(14)4-10(7)13)12(17-15)3-8-5-16-6-18-8/h2,4-6,12,17H,3,15H2,1H3. The zero-order valence-corrected chi connectivity index (χ0v) is 10.6. The number of nitrogens with two attached hydrogens (primary N) is 1. The highest BCUT2D eigenvalue weighted by molar-refractivity contribution is 7.09. The largest absolute Gasteiger partial charge is 0.271 e. The van der Waals surface area contributed by atoms with E-state index in [2.05, 4.69) is 10.4 Å². The van der Waals surface area contributed by atoms with E-state index in [-0.39, 0.29) is 0 Å². The molecule has 2 aromatic rings. The highest BCUT2D eigenvalue weighted by atomic mass is 32.1. The zero-order valence-electron chi connectivity index (χ0n) is 9.78. The van der Waals surface area contributed by atoms with Crippen LogP contribution in [0.1, 0.15) is 22.0 Å². The van der Waals surface area contributed by atoms with Crippen molar-refractivity contribution in [2.45, 2.75) is 19.4 Å². The minimum Gasteiger partial charge on any atom is -0.271 e. The van der Waals surface area contributed by atoms with Crippen molar-refractivity contribution in [1.82, 2.24) is 10.4 Å². The molecule has 0 saturated carbocycles. The van der Waals surface area contributed by atoms with Crippen molar-refractivity contribution in [3.8, 4) is 0 Å². The van der Waals surface area contributed by atoms with E-state index in [4.69, 9.17) is 5.84 Å². The lowest BCUT2D eigenvalue weighted by Crippen LogP contribution is -2.30. The van der Waals surface area contributed by atoms with Crippen LogP contribution in [0.25, 0.3) is 0 Å². The first-order chi connectivity index (χ1) is 8.61. The summed E-state index contributed by atoms with van der Waals surface area (Å²) < 4.78 is 27.0. The van der Waals surface area contributed by atoms with Crippen LogP contribution in [-0.4, -0.2) is 4.98 Å². The van der Waals surface area contributed by atoms with Gasteiger partial charge in [-0.2, -0.15) is 0 Å². The molecule has 1 aromatic carbocycles. The van der Waals surface area contributed by atoms with Crippen LogP contribution in [0, 0.1) is 18.6 Å². The van der Waals surface area contributed by atoms with Gasteiger partial charge in [-0.25, -0.2) is 8.78 Å². The summed E-state index contributed by atoms with van der Waals surface area (Å²) in [6.45, 7) is 1.60. The Labute approximate surface area is 108 Å². The van der Waals surface area contributed by atoms with Crippen molar-refractivity contribution in [2.24, 2.45) is 5.84 Å². The summed E-state index contributed by atoms with van der Waals surface area (Å²) in [5, 5.41) is 0. The smallest absolute Gasteiger partial charge is 0.130 e. The van der Waals surface area contributed by atoms with E-state index in [1.807, 2.05) is 0 Å². The van der Waals surface area contributed by atoms with E-state index < -0.39 is 17.7 Å². The number of rotatable bonds is 4. The Morgan fingerprint density at radius 2 is 2.17 bits per heavy atom. The monoisotopic (exact) mass is 269 g/mol. The normalized spacial score (nSPS) is 12.7. The van der Waals surface area contributed by atoms with Gasteiger partial charge < -0.3 is 0 Å². The molecule has 96 valence electrons. The Balaban J connectivity index is 2.30. The first kappa shape index (κ1) is 13.1. The van der Waals surface area contributed by atoms with Crippen LogP contribution in [0.2, 0.25) is 0 Å². The van der Waals surface area contributed by atoms with Gasteiger partial charge in [0.2, 0.25) is 0 Å². The van der Waals surface area contributed by atoms with Crippen molar-refractivity contribution in [3.05, 3.63) is 51.5 Å². The molecule has 6 heteroatoms. The molecule has 18 heavy (non-hydrogen) atoms. The number of hydrogen-bond donors (Lipinski definition) is 2. The molecule has 0 spiro atoms. The van der Waals surface area contributed by atoms with Crippen molar-refractivity contribution in [3.63, 3.8) is 0 Å². The van der Waals surface area contributed by atoms with Gasteiger partial charge in [0.15, 0.2) is 0 Å². The summed E-state index contributed by atoms with van der Waals surface area (Å²) in [5.41, 5.74) is 5.03. The number of benzene rings is 1. The molecule has 1 atom stereocenters. The summed E-state index contributed by atoms with van der Waals surface area (Å²) in [6, 6.07) is 1.97. The number of hydrazine groups is 1. The average molecular weight is 269 g/mol. The molecule has 0 aliphatic heterocycles. The first-order valence-electron chi connectivity index (χ1n) is 5.41. The van der Waals surface area contributed by atoms with Crippen molar-refractivity contribution < 1.29 is 8.78 Å². The van der Waals surface area contributed by atoms with Crippen molar-refractivity contribution in [2.75, 3.05) is 0 Å². The topological polar surface area (TPSA) is 50.9 Å². The van der Waals surface area contributed by atoms with Gasteiger partial charge in [0.05, 0.1) is 11.6 Å². The van der Waals surface area contributed by atoms with E-state index >= 15 is 0 Å². The van der Waals surface area contributed by atoms with E-state index in [9.17, 15) is 8.78 Å². The molecule has 0 bridgehead atoms. The molecule has 0 amide bonds. The molecule has 0 saturated heterocycles. The molecule has 0 aliphatic carbocycles. The maximum absolute atomic E-state index is 13.7. The van der Waals surface area contributed by atoms with Crippen molar-refractivity contribution >= 4 is 11.3 Å². The van der Waals surface area contributed by atoms with E-state index in [0.29, 0.717) is 17.5 Å². The molecule has 0 radical (unpaired) electrons. The molecular weight excluding hydrogens is 256 g/mol. The summed E-state index contributed by atoms with van der Waals surface area (Å²) in [4.78, 5) is 4.94. The Kier molecular flexibility index (Phi) is 4.00. The van der Waals surface area contributed by atoms with E-state index in [0.717, 1.165) is 10.9 Å². The van der Waals surface area contributed by atoms with Gasteiger partial charge in [-0.05, 0) is 18.6 Å². The molecule has 1 heterocycles. The number of nitrogens with zero attached hydrogens (tertiary/aromatic N) is 1. The second-order valence-corrected chi connectivity index (χ2v) is 4.98. The Morgan fingerprint density at radius 1 is 1.39 bits per heavy atom. The van der Waals surface area contributed by atoms with Gasteiger partial charge in [0.1, 0.15) is 11.6 Å². The molecule has 3 N–H and O–H groups in total. The summed E-state index contributed by atoms with van der Waals surface area (Å²) >= 11 is 1.47. The Morgan fingerprint density at radius 3 is 2.78 bits per heavy atom. The van der Waals surface area contributed by atoms with Gasteiger partial charge in [-0.15, -0.1) is 11.3 Å². The number of aryl methyl sites for hydroxylation is 1. The fraction of sp³-hybridized carbons (Fsp3) is 0.250. The van der Waals surface area contributed by atoms with Gasteiger partial charge >= 0.3 is 0 Å². The Bertz CT molecular complexity index is 528. The van der Waals surface area contributed by atoms with E-state index in [1.54, 1.807) is 18.6 Å². The second-order valence-electron chi connectivity index (χ2n) is 4.01. The molecule has 0 fully saturated rings. The number of thiazole rings is 1. The van der Waals surface area contributed by atoms with Crippen LogP contribution in [-0.2, 0) is 6.42 Å². The van der Waals surface area contributed by atoms with E-state index in [1.165, 1.54) is 17.4 Å². The number of halogens is 2.